The van der Waals surface area contributed by atoms with E-state index in [2.05, 4.69) is 37.4 Å². The Morgan fingerprint density at radius 3 is 2.53 bits per heavy atom. The van der Waals surface area contributed by atoms with E-state index in [1.54, 1.807) is 0 Å². The first-order valence-electron chi connectivity index (χ1n) is 10.1. The van der Waals surface area contributed by atoms with Gasteiger partial charge >= 0.3 is 6.61 Å². The van der Waals surface area contributed by atoms with Crippen molar-refractivity contribution in [1.29, 1.82) is 0 Å². The van der Waals surface area contributed by atoms with Crippen LogP contribution in [0.25, 0.3) is 0 Å². The van der Waals surface area contributed by atoms with Gasteiger partial charge in [-0.05, 0) is 44.0 Å². The molecule has 0 radical (unpaired) electrons. The van der Waals surface area contributed by atoms with Crippen molar-refractivity contribution in [3.05, 3.63) is 59.9 Å². The molecule has 0 amide bonds. The summed E-state index contributed by atoms with van der Waals surface area (Å²) < 4.78 is 43.8. The molecule has 2 aromatic carbocycles. The normalized spacial score (nSPS) is 15.4. The number of aliphatic imine (C=N–C) groups is 1. The van der Waals surface area contributed by atoms with Crippen LogP contribution in [0.2, 0.25) is 0 Å². The molecular weight excluding hydrogens is 393 g/mol. The topological polar surface area (TPSA) is 48.9 Å². The van der Waals surface area contributed by atoms with Crippen LogP contribution in [0.4, 0.5) is 18.9 Å². The molecule has 162 valence electrons. The van der Waals surface area contributed by atoms with Crippen LogP contribution in [0.15, 0.2) is 53.5 Å². The highest BCUT2D eigenvalue weighted by Gasteiger charge is 2.20. The number of anilines is 1. The Bertz CT molecular complexity index is 824. The van der Waals surface area contributed by atoms with E-state index in [-0.39, 0.29) is 23.9 Å². The number of nitrogens with zero attached hydrogens (tertiary/aromatic N) is 2. The minimum atomic E-state index is -3.02. The third kappa shape index (κ3) is 6.05. The van der Waals surface area contributed by atoms with Crippen LogP contribution in [-0.2, 0) is 6.54 Å². The van der Waals surface area contributed by atoms with Gasteiger partial charge in [-0.3, -0.25) is 0 Å². The van der Waals surface area contributed by atoms with E-state index >= 15 is 0 Å². The van der Waals surface area contributed by atoms with Crippen molar-refractivity contribution in [2.24, 2.45) is 4.99 Å². The van der Waals surface area contributed by atoms with E-state index in [4.69, 9.17) is 0 Å². The second-order valence-electron chi connectivity index (χ2n) is 7.03. The lowest BCUT2D eigenvalue weighted by molar-refractivity contribution is -0.0506. The largest absolute Gasteiger partial charge is 0.434 e. The average Bonchev–Trinajstić information content (AvgIpc) is 2.74. The molecule has 30 heavy (non-hydrogen) atoms. The molecule has 1 aliphatic rings. The molecule has 1 saturated heterocycles. The predicted molar refractivity (Wildman–Crippen MR) is 113 cm³/mol. The first-order valence-corrected chi connectivity index (χ1v) is 10.1. The van der Waals surface area contributed by atoms with E-state index in [9.17, 15) is 13.2 Å². The lowest BCUT2D eigenvalue weighted by atomic mass is 10.0. The Hall–Kier alpha value is -2.90. The summed E-state index contributed by atoms with van der Waals surface area (Å²) in [6.07, 6.45) is 1.86. The first-order chi connectivity index (χ1) is 14.6. The third-order valence-electron chi connectivity index (χ3n) is 4.99. The summed E-state index contributed by atoms with van der Waals surface area (Å²) in [7, 11) is 0. The van der Waals surface area contributed by atoms with Crippen molar-refractivity contribution < 1.29 is 17.9 Å². The van der Waals surface area contributed by atoms with Crippen molar-refractivity contribution >= 4 is 11.6 Å². The fraction of sp³-hybridized carbons (Fsp3) is 0.409. The van der Waals surface area contributed by atoms with E-state index in [1.165, 1.54) is 23.9 Å². The predicted octanol–water partition coefficient (Wildman–Crippen LogP) is 4.15. The van der Waals surface area contributed by atoms with Gasteiger partial charge < -0.3 is 20.3 Å². The molecule has 0 atom stereocenters. The van der Waals surface area contributed by atoms with Crippen molar-refractivity contribution in [2.45, 2.75) is 39.0 Å². The van der Waals surface area contributed by atoms with Gasteiger partial charge in [0.05, 0.1) is 12.1 Å². The molecule has 1 aliphatic heterocycles. The number of benzene rings is 2. The highest BCUT2D eigenvalue weighted by atomic mass is 19.3. The molecule has 1 fully saturated rings. The molecule has 0 unspecified atom stereocenters. The van der Waals surface area contributed by atoms with Gasteiger partial charge in [0.25, 0.3) is 0 Å². The molecule has 0 spiro atoms. The van der Waals surface area contributed by atoms with Crippen LogP contribution in [0.1, 0.15) is 25.3 Å². The van der Waals surface area contributed by atoms with Gasteiger partial charge in [0, 0.05) is 31.4 Å². The number of ether oxygens (including phenoxy) is 1. The lowest BCUT2D eigenvalue weighted by Gasteiger charge is -2.34. The van der Waals surface area contributed by atoms with E-state index in [0.29, 0.717) is 12.5 Å². The summed E-state index contributed by atoms with van der Waals surface area (Å²) >= 11 is 0. The number of hydrogen-bond donors (Lipinski definition) is 2. The second kappa shape index (κ2) is 10.8. The van der Waals surface area contributed by atoms with Crippen molar-refractivity contribution in [1.82, 2.24) is 10.6 Å². The van der Waals surface area contributed by atoms with Gasteiger partial charge in [-0.1, -0.05) is 24.3 Å². The first kappa shape index (κ1) is 21.8. The van der Waals surface area contributed by atoms with Gasteiger partial charge in [-0.15, -0.1) is 0 Å². The van der Waals surface area contributed by atoms with Crippen molar-refractivity contribution in [3.63, 3.8) is 0 Å². The number of piperidine rings is 1. The second-order valence-corrected chi connectivity index (χ2v) is 7.03. The standard InChI is InChI=1S/C22H27F3N4O/c1-2-26-22(27-15-18-19(23)9-6-10-20(18)30-21(24)25)28-16-11-13-29(14-12-16)17-7-4-3-5-8-17/h3-10,16,21H,2,11-15H2,1H3,(H2,26,27,28). The summed E-state index contributed by atoms with van der Waals surface area (Å²) in [5, 5.41) is 6.52. The molecule has 0 aromatic heterocycles. The minimum Gasteiger partial charge on any atom is -0.434 e. The quantitative estimate of drug-likeness (QED) is 0.522. The van der Waals surface area contributed by atoms with Crippen LogP contribution >= 0.6 is 0 Å². The zero-order valence-corrected chi connectivity index (χ0v) is 17.0. The highest BCUT2D eigenvalue weighted by molar-refractivity contribution is 5.80. The number of halogens is 3. The van der Waals surface area contributed by atoms with E-state index in [0.717, 1.165) is 25.9 Å². The number of para-hydroxylation sites is 1. The molecule has 1 heterocycles. The highest BCUT2D eigenvalue weighted by Crippen LogP contribution is 2.24. The van der Waals surface area contributed by atoms with Gasteiger partial charge in [-0.2, -0.15) is 8.78 Å². The van der Waals surface area contributed by atoms with Crippen LogP contribution in [0, 0.1) is 5.82 Å². The molecule has 2 N–H and O–H groups in total. The fourth-order valence-electron chi connectivity index (χ4n) is 3.49. The van der Waals surface area contributed by atoms with Crippen molar-refractivity contribution in [2.75, 3.05) is 24.5 Å². The van der Waals surface area contributed by atoms with Gasteiger partial charge in [0.2, 0.25) is 0 Å². The maximum atomic E-state index is 14.2. The molecule has 0 saturated carbocycles. The van der Waals surface area contributed by atoms with E-state index in [1.807, 2.05) is 25.1 Å². The number of rotatable bonds is 7. The van der Waals surface area contributed by atoms with Gasteiger partial charge in [0.15, 0.2) is 5.96 Å². The lowest BCUT2D eigenvalue weighted by Crippen LogP contribution is -2.48. The maximum absolute atomic E-state index is 14.2. The number of hydrogen-bond acceptors (Lipinski definition) is 3. The van der Waals surface area contributed by atoms with Gasteiger partial charge in [-0.25, -0.2) is 9.38 Å². The summed E-state index contributed by atoms with van der Waals surface area (Å²) in [5.74, 6) is -0.286. The average molecular weight is 420 g/mol. The molecule has 5 nitrogen and oxygen atoms in total. The Morgan fingerprint density at radius 2 is 1.87 bits per heavy atom. The fourth-order valence-corrected chi connectivity index (χ4v) is 3.49. The zero-order chi connectivity index (χ0) is 21.3. The van der Waals surface area contributed by atoms with Crippen LogP contribution in [0.3, 0.4) is 0 Å². The monoisotopic (exact) mass is 420 g/mol. The SMILES string of the molecule is CCNC(=NCc1c(F)cccc1OC(F)F)NC1CCN(c2ccccc2)CC1. The van der Waals surface area contributed by atoms with Gasteiger partial charge in [0.1, 0.15) is 11.6 Å². The van der Waals surface area contributed by atoms with E-state index < -0.39 is 12.4 Å². The van der Waals surface area contributed by atoms with Crippen molar-refractivity contribution in [3.8, 4) is 5.75 Å². The number of guanidine groups is 1. The van der Waals surface area contributed by atoms with Crippen LogP contribution < -0.4 is 20.3 Å². The molecule has 0 aliphatic carbocycles. The summed E-state index contributed by atoms with van der Waals surface area (Å²) in [4.78, 5) is 6.74. The molecular formula is C22H27F3N4O. The zero-order valence-electron chi connectivity index (χ0n) is 17.0. The molecule has 3 rings (SSSR count). The molecule has 0 bridgehead atoms. The summed E-state index contributed by atoms with van der Waals surface area (Å²) in [6, 6.07) is 14.4. The summed E-state index contributed by atoms with van der Waals surface area (Å²) in [6.45, 7) is 1.28. The number of alkyl halides is 2. The Balaban J connectivity index is 1.62. The maximum Gasteiger partial charge on any atom is 0.387 e. The Kier molecular flexibility index (Phi) is 7.82. The minimum absolute atomic E-state index is 0.00824. The smallest absolute Gasteiger partial charge is 0.387 e. The Labute approximate surface area is 174 Å². The third-order valence-corrected chi connectivity index (χ3v) is 4.99. The van der Waals surface area contributed by atoms with Crippen LogP contribution in [0.5, 0.6) is 5.75 Å². The molecule has 8 heteroatoms. The molecule has 2 aromatic rings. The Morgan fingerprint density at radius 1 is 1.13 bits per heavy atom. The van der Waals surface area contributed by atoms with Crippen LogP contribution in [-0.4, -0.2) is 38.2 Å². The summed E-state index contributed by atoms with van der Waals surface area (Å²) in [5.41, 5.74) is 1.22. The number of nitrogens with one attached hydrogen (secondary N) is 2.